The summed E-state index contributed by atoms with van der Waals surface area (Å²) in [6, 6.07) is 13.8. The van der Waals surface area contributed by atoms with Crippen LogP contribution in [-0.2, 0) is 9.59 Å². The number of amides is 2. The highest BCUT2D eigenvalue weighted by molar-refractivity contribution is 9.10. The molecule has 2 amide bonds. The highest BCUT2D eigenvalue weighted by Gasteiger charge is 2.12. The number of halogens is 2. The van der Waals surface area contributed by atoms with E-state index < -0.39 is 11.8 Å². The van der Waals surface area contributed by atoms with Gasteiger partial charge in [-0.1, -0.05) is 45.7 Å². The molecule has 2 aromatic rings. The van der Waals surface area contributed by atoms with E-state index in [1.165, 1.54) is 12.3 Å². The minimum atomic E-state index is -0.867. The average molecular weight is 381 g/mol. The molecule has 0 aromatic heterocycles. The third kappa shape index (κ3) is 4.98. The van der Waals surface area contributed by atoms with Crippen LogP contribution in [0.15, 0.2) is 58.1 Å². The zero-order chi connectivity index (χ0) is 15.9. The smallest absolute Gasteiger partial charge is 0.318 e. The molecule has 7 heteroatoms. The summed E-state index contributed by atoms with van der Waals surface area (Å²) in [4.78, 5) is 23.3. The summed E-state index contributed by atoms with van der Waals surface area (Å²) < 4.78 is 0.939. The molecule has 5 nitrogen and oxygen atoms in total. The van der Waals surface area contributed by atoms with E-state index in [-0.39, 0.29) is 0 Å². The van der Waals surface area contributed by atoms with Gasteiger partial charge in [0.05, 0.1) is 6.21 Å². The SMILES string of the molecule is O=C(N/N=C/c1ccc(Br)cc1)C(=O)Nc1cccc(Cl)c1. The molecule has 0 aliphatic rings. The summed E-state index contributed by atoms with van der Waals surface area (Å²) in [5.41, 5.74) is 3.38. The summed E-state index contributed by atoms with van der Waals surface area (Å²) in [5, 5.41) is 6.61. The number of carbonyl (C=O) groups excluding carboxylic acids is 2. The second-order valence-corrected chi connectivity index (χ2v) is 5.57. The first-order chi connectivity index (χ1) is 10.5. The maximum absolute atomic E-state index is 11.7. The predicted molar refractivity (Wildman–Crippen MR) is 90.0 cm³/mol. The zero-order valence-electron chi connectivity index (χ0n) is 11.2. The van der Waals surface area contributed by atoms with Crippen molar-refractivity contribution in [1.29, 1.82) is 0 Å². The summed E-state index contributed by atoms with van der Waals surface area (Å²) in [6.07, 6.45) is 1.44. The summed E-state index contributed by atoms with van der Waals surface area (Å²) in [6.45, 7) is 0. The van der Waals surface area contributed by atoms with Crippen molar-refractivity contribution in [3.05, 3.63) is 63.6 Å². The van der Waals surface area contributed by atoms with Gasteiger partial charge in [0.2, 0.25) is 0 Å². The number of hydrogen-bond donors (Lipinski definition) is 2. The largest absolute Gasteiger partial charge is 0.329 e. The summed E-state index contributed by atoms with van der Waals surface area (Å²) >= 11 is 9.11. The van der Waals surface area contributed by atoms with Crippen molar-refractivity contribution in [1.82, 2.24) is 5.43 Å². The molecule has 2 aromatic carbocycles. The Bertz CT molecular complexity index is 717. The number of nitrogens with zero attached hydrogens (tertiary/aromatic N) is 1. The molecular weight excluding hydrogens is 370 g/mol. The van der Waals surface area contributed by atoms with Crippen LogP contribution in [0.4, 0.5) is 5.69 Å². The normalized spacial score (nSPS) is 10.5. The lowest BCUT2D eigenvalue weighted by atomic mass is 10.2. The van der Waals surface area contributed by atoms with Crippen molar-refractivity contribution in [3.8, 4) is 0 Å². The summed E-state index contributed by atoms with van der Waals surface area (Å²) in [7, 11) is 0. The van der Waals surface area contributed by atoms with Crippen LogP contribution in [0, 0.1) is 0 Å². The molecule has 0 atom stereocenters. The third-order valence-electron chi connectivity index (χ3n) is 2.54. The van der Waals surface area contributed by atoms with Gasteiger partial charge in [-0.2, -0.15) is 5.10 Å². The van der Waals surface area contributed by atoms with E-state index in [9.17, 15) is 9.59 Å². The van der Waals surface area contributed by atoms with Gasteiger partial charge in [0.1, 0.15) is 0 Å². The average Bonchev–Trinajstić information content (AvgIpc) is 2.49. The van der Waals surface area contributed by atoms with E-state index in [1.54, 1.807) is 18.2 Å². The molecule has 0 bridgehead atoms. The van der Waals surface area contributed by atoms with E-state index in [4.69, 9.17) is 11.6 Å². The Morgan fingerprint density at radius 1 is 1.09 bits per heavy atom. The first kappa shape index (κ1) is 16.2. The van der Waals surface area contributed by atoms with Gasteiger partial charge >= 0.3 is 11.8 Å². The van der Waals surface area contributed by atoms with E-state index in [0.29, 0.717) is 10.7 Å². The second kappa shape index (κ2) is 7.72. The highest BCUT2D eigenvalue weighted by Crippen LogP contribution is 2.14. The minimum absolute atomic E-state index is 0.435. The molecular formula is C15H11BrClN3O2. The lowest BCUT2D eigenvalue weighted by molar-refractivity contribution is -0.136. The van der Waals surface area contributed by atoms with Crippen molar-refractivity contribution in [3.63, 3.8) is 0 Å². The number of nitrogens with one attached hydrogen (secondary N) is 2. The standard InChI is InChI=1S/C15H11BrClN3O2/c16-11-6-4-10(5-7-11)9-18-20-15(22)14(21)19-13-3-1-2-12(17)8-13/h1-9H,(H,19,21)(H,20,22)/b18-9+. The van der Waals surface area contributed by atoms with E-state index >= 15 is 0 Å². The molecule has 0 spiro atoms. The molecule has 112 valence electrons. The van der Waals surface area contributed by atoms with Crippen molar-refractivity contribution in [2.45, 2.75) is 0 Å². The molecule has 0 aliphatic carbocycles. The number of rotatable bonds is 3. The summed E-state index contributed by atoms with van der Waals surface area (Å²) in [5.74, 6) is -1.69. The number of carbonyl (C=O) groups is 2. The molecule has 0 fully saturated rings. The van der Waals surface area contributed by atoms with Gasteiger partial charge in [-0.15, -0.1) is 0 Å². The van der Waals surface area contributed by atoms with E-state index in [0.717, 1.165) is 10.0 Å². The van der Waals surface area contributed by atoms with Crippen molar-refractivity contribution < 1.29 is 9.59 Å². The fraction of sp³-hybridized carbons (Fsp3) is 0. The zero-order valence-corrected chi connectivity index (χ0v) is 13.6. The molecule has 0 unspecified atom stereocenters. The molecule has 22 heavy (non-hydrogen) atoms. The van der Waals surface area contributed by atoms with Gasteiger partial charge in [0.15, 0.2) is 0 Å². The number of benzene rings is 2. The van der Waals surface area contributed by atoms with Gasteiger partial charge in [-0.25, -0.2) is 5.43 Å². The maximum Gasteiger partial charge on any atom is 0.329 e. The second-order valence-electron chi connectivity index (χ2n) is 4.22. The van der Waals surface area contributed by atoms with Crippen molar-refractivity contribution >= 4 is 51.2 Å². The highest BCUT2D eigenvalue weighted by atomic mass is 79.9. The Hall–Kier alpha value is -2.18. The first-order valence-electron chi connectivity index (χ1n) is 6.20. The van der Waals surface area contributed by atoms with Gasteiger partial charge in [-0.3, -0.25) is 9.59 Å². The molecule has 2 N–H and O–H groups in total. The Balaban J connectivity index is 1.89. The predicted octanol–water partition coefficient (Wildman–Crippen LogP) is 3.19. The molecule has 0 radical (unpaired) electrons. The van der Waals surface area contributed by atoms with Crippen molar-refractivity contribution in [2.24, 2.45) is 5.10 Å². The van der Waals surface area contributed by atoms with Crippen molar-refractivity contribution in [2.75, 3.05) is 5.32 Å². The van der Waals surface area contributed by atoms with Crippen LogP contribution in [0.25, 0.3) is 0 Å². The number of hydrogen-bond acceptors (Lipinski definition) is 3. The molecule has 0 aliphatic heterocycles. The fourth-order valence-electron chi connectivity index (χ4n) is 1.52. The Labute approximate surface area is 140 Å². The van der Waals surface area contributed by atoms with Crippen LogP contribution in [-0.4, -0.2) is 18.0 Å². The van der Waals surface area contributed by atoms with Gasteiger partial charge in [0.25, 0.3) is 0 Å². The minimum Gasteiger partial charge on any atom is -0.318 e. The molecule has 0 saturated heterocycles. The first-order valence-corrected chi connectivity index (χ1v) is 7.37. The quantitative estimate of drug-likeness (QED) is 0.488. The topological polar surface area (TPSA) is 70.6 Å². The van der Waals surface area contributed by atoms with Crippen LogP contribution in [0.1, 0.15) is 5.56 Å². The number of hydrazone groups is 1. The Morgan fingerprint density at radius 2 is 1.82 bits per heavy atom. The van der Waals surface area contributed by atoms with Gasteiger partial charge in [-0.05, 0) is 35.9 Å². The maximum atomic E-state index is 11.7. The molecule has 2 rings (SSSR count). The monoisotopic (exact) mass is 379 g/mol. The van der Waals surface area contributed by atoms with E-state index in [1.807, 2.05) is 24.3 Å². The van der Waals surface area contributed by atoms with Crippen LogP contribution in [0.2, 0.25) is 5.02 Å². The third-order valence-corrected chi connectivity index (χ3v) is 3.30. The number of anilines is 1. The van der Waals surface area contributed by atoms with Crippen LogP contribution in [0.5, 0.6) is 0 Å². The van der Waals surface area contributed by atoms with E-state index in [2.05, 4.69) is 31.8 Å². The van der Waals surface area contributed by atoms with Gasteiger partial charge < -0.3 is 5.32 Å². The Morgan fingerprint density at radius 3 is 2.50 bits per heavy atom. The molecule has 0 saturated carbocycles. The van der Waals surface area contributed by atoms with Crippen LogP contribution in [0.3, 0.4) is 0 Å². The lowest BCUT2D eigenvalue weighted by Crippen LogP contribution is -2.32. The lowest BCUT2D eigenvalue weighted by Gasteiger charge is -2.03. The Kier molecular flexibility index (Phi) is 5.68. The molecule has 0 heterocycles. The van der Waals surface area contributed by atoms with Gasteiger partial charge in [0, 0.05) is 15.2 Å². The van der Waals surface area contributed by atoms with Crippen LogP contribution < -0.4 is 10.7 Å². The van der Waals surface area contributed by atoms with Crippen LogP contribution >= 0.6 is 27.5 Å². The fourth-order valence-corrected chi connectivity index (χ4v) is 1.97.